The summed E-state index contributed by atoms with van der Waals surface area (Å²) in [6.45, 7) is 4.82. The molecule has 1 unspecified atom stereocenters. The van der Waals surface area contributed by atoms with Gasteiger partial charge in [-0.2, -0.15) is 0 Å². The summed E-state index contributed by atoms with van der Waals surface area (Å²) in [5, 5.41) is 5.68. The van der Waals surface area contributed by atoms with E-state index in [-0.39, 0.29) is 12.1 Å². The molecule has 0 bridgehead atoms. The van der Waals surface area contributed by atoms with Crippen molar-refractivity contribution in [3.05, 3.63) is 29.8 Å². The maximum Gasteiger partial charge on any atom is 0.319 e. The number of nitrogens with one attached hydrogen (secondary N) is 2. The lowest BCUT2D eigenvalue weighted by Gasteiger charge is -2.10. The van der Waals surface area contributed by atoms with E-state index in [1.165, 1.54) is 12.8 Å². The van der Waals surface area contributed by atoms with Crippen molar-refractivity contribution < 1.29 is 4.79 Å². The second-order valence-corrected chi connectivity index (χ2v) is 4.86. The van der Waals surface area contributed by atoms with Crippen LogP contribution in [0.15, 0.2) is 24.3 Å². The summed E-state index contributed by atoms with van der Waals surface area (Å²) in [5.74, 6) is 0. The number of anilines is 1. The molecular formula is C15H25N3O. The van der Waals surface area contributed by atoms with Crippen LogP contribution in [0.4, 0.5) is 10.5 Å². The number of benzene rings is 1. The van der Waals surface area contributed by atoms with Crippen LogP contribution in [0.2, 0.25) is 0 Å². The number of hydrogen-bond acceptors (Lipinski definition) is 2. The van der Waals surface area contributed by atoms with Gasteiger partial charge in [-0.1, -0.05) is 38.3 Å². The molecule has 0 radical (unpaired) electrons. The highest BCUT2D eigenvalue weighted by Gasteiger charge is 2.03. The molecule has 1 aromatic rings. The van der Waals surface area contributed by atoms with E-state index in [1.54, 1.807) is 0 Å². The fourth-order valence-corrected chi connectivity index (χ4v) is 1.83. The number of carbonyl (C=O) groups is 1. The molecule has 1 rings (SSSR count). The predicted octanol–water partition coefficient (Wildman–Crippen LogP) is 3.41. The van der Waals surface area contributed by atoms with Gasteiger partial charge >= 0.3 is 6.03 Å². The van der Waals surface area contributed by atoms with Gasteiger partial charge in [0, 0.05) is 18.3 Å². The Hall–Kier alpha value is -1.55. The van der Waals surface area contributed by atoms with E-state index >= 15 is 0 Å². The summed E-state index contributed by atoms with van der Waals surface area (Å²) in [7, 11) is 0. The minimum atomic E-state index is -0.154. The van der Waals surface area contributed by atoms with Crippen LogP contribution < -0.4 is 16.4 Å². The molecule has 0 aliphatic heterocycles. The van der Waals surface area contributed by atoms with Crippen LogP contribution in [0.5, 0.6) is 0 Å². The van der Waals surface area contributed by atoms with Gasteiger partial charge in [-0.05, 0) is 31.0 Å². The molecule has 4 heteroatoms. The molecule has 106 valence electrons. The van der Waals surface area contributed by atoms with Crippen LogP contribution in [-0.2, 0) is 0 Å². The summed E-state index contributed by atoms with van der Waals surface area (Å²) < 4.78 is 0. The molecule has 0 saturated heterocycles. The molecule has 19 heavy (non-hydrogen) atoms. The van der Waals surface area contributed by atoms with Gasteiger partial charge in [-0.15, -0.1) is 0 Å². The number of nitrogens with two attached hydrogens (primary N) is 1. The SMILES string of the molecule is CCCCCCNC(=O)Nc1cccc(C(C)N)c1. The third-order valence-electron chi connectivity index (χ3n) is 2.99. The Bertz CT molecular complexity index is 391. The minimum absolute atomic E-state index is 0.0288. The highest BCUT2D eigenvalue weighted by Crippen LogP contribution is 2.15. The lowest BCUT2D eigenvalue weighted by Crippen LogP contribution is -2.29. The van der Waals surface area contributed by atoms with Gasteiger partial charge in [-0.3, -0.25) is 0 Å². The van der Waals surface area contributed by atoms with E-state index in [4.69, 9.17) is 5.73 Å². The molecule has 0 fully saturated rings. The normalized spacial score (nSPS) is 11.9. The first-order valence-corrected chi connectivity index (χ1v) is 7.04. The van der Waals surface area contributed by atoms with Crippen molar-refractivity contribution in [3.63, 3.8) is 0 Å². The van der Waals surface area contributed by atoms with Crippen LogP contribution in [0.3, 0.4) is 0 Å². The van der Waals surface area contributed by atoms with Crippen molar-refractivity contribution in [2.24, 2.45) is 5.73 Å². The molecule has 0 aliphatic rings. The first-order valence-electron chi connectivity index (χ1n) is 7.04. The summed E-state index contributed by atoms with van der Waals surface area (Å²) in [6, 6.07) is 7.44. The topological polar surface area (TPSA) is 67.2 Å². The average Bonchev–Trinajstić information content (AvgIpc) is 2.38. The number of carbonyl (C=O) groups excluding carboxylic acids is 1. The van der Waals surface area contributed by atoms with Crippen molar-refractivity contribution >= 4 is 11.7 Å². The molecule has 1 atom stereocenters. The number of amides is 2. The number of rotatable bonds is 7. The molecule has 0 aromatic heterocycles. The van der Waals surface area contributed by atoms with E-state index in [2.05, 4.69) is 17.6 Å². The van der Waals surface area contributed by atoms with Crippen molar-refractivity contribution in [1.82, 2.24) is 5.32 Å². The number of hydrogen-bond donors (Lipinski definition) is 3. The van der Waals surface area contributed by atoms with Crippen LogP contribution in [-0.4, -0.2) is 12.6 Å². The van der Waals surface area contributed by atoms with Crippen LogP contribution in [0, 0.1) is 0 Å². The molecule has 4 nitrogen and oxygen atoms in total. The minimum Gasteiger partial charge on any atom is -0.338 e. The van der Waals surface area contributed by atoms with Gasteiger partial charge in [0.2, 0.25) is 0 Å². The highest BCUT2D eigenvalue weighted by atomic mass is 16.2. The van der Waals surface area contributed by atoms with Gasteiger partial charge in [0.15, 0.2) is 0 Å². The van der Waals surface area contributed by atoms with Gasteiger partial charge in [0.05, 0.1) is 0 Å². The summed E-state index contributed by atoms with van der Waals surface area (Å²) in [4.78, 5) is 11.7. The standard InChI is InChI=1S/C15H25N3O/c1-3-4-5-6-10-17-15(19)18-14-9-7-8-13(11-14)12(2)16/h7-9,11-12H,3-6,10,16H2,1-2H3,(H2,17,18,19). The lowest BCUT2D eigenvalue weighted by atomic mass is 10.1. The molecule has 0 heterocycles. The van der Waals surface area contributed by atoms with Crippen LogP contribution >= 0.6 is 0 Å². The predicted molar refractivity (Wildman–Crippen MR) is 80.2 cm³/mol. The van der Waals surface area contributed by atoms with Crippen molar-refractivity contribution in [2.75, 3.05) is 11.9 Å². The first kappa shape index (κ1) is 15.5. The van der Waals surface area contributed by atoms with E-state index in [9.17, 15) is 4.79 Å². The van der Waals surface area contributed by atoms with E-state index in [1.807, 2.05) is 31.2 Å². The van der Waals surface area contributed by atoms with Crippen molar-refractivity contribution in [2.45, 2.75) is 45.6 Å². The van der Waals surface area contributed by atoms with Crippen LogP contribution in [0.1, 0.15) is 51.1 Å². The Kier molecular flexibility index (Phi) is 6.97. The smallest absolute Gasteiger partial charge is 0.319 e. The average molecular weight is 263 g/mol. The summed E-state index contributed by atoms with van der Waals surface area (Å²) >= 11 is 0. The Morgan fingerprint density at radius 2 is 2.11 bits per heavy atom. The van der Waals surface area contributed by atoms with Gasteiger partial charge in [0.25, 0.3) is 0 Å². The van der Waals surface area contributed by atoms with Crippen LogP contribution in [0.25, 0.3) is 0 Å². The second-order valence-electron chi connectivity index (χ2n) is 4.86. The summed E-state index contributed by atoms with van der Waals surface area (Å²) in [6.07, 6.45) is 4.62. The van der Waals surface area contributed by atoms with E-state index in [0.29, 0.717) is 0 Å². The Morgan fingerprint density at radius 1 is 1.32 bits per heavy atom. The zero-order valence-corrected chi connectivity index (χ0v) is 11.9. The van der Waals surface area contributed by atoms with Gasteiger partial charge in [0.1, 0.15) is 0 Å². The third-order valence-corrected chi connectivity index (χ3v) is 2.99. The molecule has 0 spiro atoms. The lowest BCUT2D eigenvalue weighted by molar-refractivity contribution is 0.252. The maximum atomic E-state index is 11.7. The maximum absolute atomic E-state index is 11.7. The van der Waals surface area contributed by atoms with Crippen molar-refractivity contribution in [1.29, 1.82) is 0 Å². The monoisotopic (exact) mass is 263 g/mol. The molecule has 4 N–H and O–H groups in total. The number of urea groups is 1. The molecule has 0 saturated carbocycles. The van der Waals surface area contributed by atoms with Gasteiger partial charge < -0.3 is 16.4 Å². The van der Waals surface area contributed by atoms with E-state index < -0.39 is 0 Å². The Labute approximate surface area is 115 Å². The fourth-order valence-electron chi connectivity index (χ4n) is 1.83. The molecule has 1 aromatic carbocycles. The third kappa shape index (κ3) is 6.25. The zero-order chi connectivity index (χ0) is 14.1. The van der Waals surface area contributed by atoms with Gasteiger partial charge in [-0.25, -0.2) is 4.79 Å². The zero-order valence-electron chi connectivity index (χ0n) is 11.9. The number of unbranched alkanes of at least 4 members (excludes halogenated alkanes) is 3. The largest absolute Gasteiger partial charge is 0.338 e. The molecular weight excluding hydrogens is 238 g/mol. The summed E-state index contributed by atoms with van der Waals surface area (Å²) in [5.41, 5.74) is 7.60. The first-order chi connectivity index (χ1) is 9.13. The quantitative estimate of drug-likeness (QED) is 0.660. The highest BCUT2D eigenvalue weighted by molar-refractivity contribution is 5.89. The second kappa shape index (κ2) is 8.53. The van der Waals surface area contributed by atoms with E-state index in [0.717, 1.165) is 30.6 Å². The Balaban J connectivity index is 2.33. The molecule has 0 aliphatic carbocycles. The fraction of sp³-hybridized carbons (Fsp3) is 0.533. The molecule has 2 amide bonds. The Morgan fingerprint density at radius 3 is 2.79 bits per heavy atom. The van der Waals surface area contributed by atoms with Crippen molar-refractivity contribution in [3.8, 4) is 0 Å².